The first-order chi connectivity index (χ1) is 9.54. The summed E-state index contributed by atoms with van der Waals surface area (Å²) in [7, 11) is 0. The van der Waals surface area contributed by atoms with Crippen LogP contribution < -0.4 is 0 Å². The van der Waals surface area contributed by atoms with Crippen molar-refractivity contribution >= 4 is 11.8 Å². The van der Waals surface area contributed by atoms with Gasteiger partial charge in [0.05, 0.1) is 12.7 Å². The van der Waals surface area contributed by atoms with E-state index in [1.54, 1.807) is 6.92 Å². The molecule has 0 aromatic heterocycles. The summed E-state index contributed by atoms with van der Waals surface area (Å²) in [6.45, 7) is 3.38. The normalized spacial score (nSPS) is 13.1. The second-order valence-corrected chi connectivity index (χ2v) is 4.78. The number of carbonyl (C=O) groups excluding carboxylic acids is 2. The standard InChI is InChI=1S/C16H19NO3/c1-3-20-15(19)16(12-17,10-9-13(2)18)11-14-7-5-4-6-8-14/h4-8H,3,9-11H2,1-2H3. The zero-order valence-corrected chi connectivity index (χ0v) is 11.9. The van der Waals surface area contributed by atoms with Crippen LogP contribution in [0.2, 0.25) is 0 Å². The van der Waals surface area contributed by atoms with Crippen LogP contribution in [0.4, 0.5) is 0 Å². The smallest absolute Gasteiger partial charge is 0.326 e. The molecule has 20 heavy (non-hydrogen) atoms. The Morgan fingerprint density at radius 1 is 1.30 bits per heavy atom. The van der Waals surface area contributed by atoms with Gasteiger partial charge in [-0.1, -0.05) is 30.3 Å². The van der Waals surface area contributed by atoms with Crippen molar-refractivity contribution in [1.82, 2.24) is 0 Å². The highest BCUT2D eigenvalue weighted by Crippen LogP contribution is 2.30. The topological polar surface area (TPSA) is 67.2 Å². The van der Waals surface area contributed by atoms with E-state index in [1.165, 1.54) is 6.92 Å². The summed E-state index contributed by atoms with van der Waals surface area (Å²) >= 11 is 0. The Hall–Kier alpha value is -2.15. The van der Waals surface area contributed by atoms with E-state index in [4.69, 9.17) is 4.74 Å². The fraction of sp³-hybridized carbons (Fsp3) is 0.438. The van der Waals surface area contributed by atoms with E-state index in [1.807, 2.05) is 30.3 Å². The third kappa shape index (κ3) is 4.20. The first-order valence-corrected chi connectivity index (χ1v) is 6.66. The van der Waals surface area contributed by atoms with Crippen LogP contribution in [-0.2, 0) is 20.7 Å². The molecular formula is C16H19NO3. The minimum atomic E-state index is -1.29. The van der Waals surface area contributed by atoms with Gasteiger partial charge in [-0.2, -0.15) is 5.26 Å². The summed E-state index contributed by atoms with van der Waals surface area (Å²) in [5.74, 6) is -0.588. The monoisotopic (exact) mass is 273 g/mol. The van der Waals surface area contributed by atoms with Gasteiger partial charge in [0.1, 0.15) is 5.78 Å². The summed E-state index contributed by atoms with van der Waals surface area (Å²) in [6, 6.07) is 11.4. The number of carbonyl (C=O) groups is 2. The third-order valence-corrected chi connectivity index (χ3v) is 3.13. The third-order valence-electron chi connectivity index (χ3n) is 3.13. The molecule has 0 aliphatic carbocycles. The highest BCUT2D eigenvalue weighted by atomic mass is 16.5. The van der Waals surface area contributed by atoms with Crippen molar-refractivity contribution in [2.45, 2.75) is 33.1 Å². The van der Waals surface area contributed by atoms with Crippen LogP contribution in [0, 0.1) is 16.7 Å². The zero-order chi connectivity index (χ0) is 15.0. The van der Waals surface area contributed by atoms with E-state index in [0.717, 1.165) is 5.56 Å². The molecule has 0 aliphatic rings. The fourth-order valence-electron chi connectivity index (χ4n) is 2.01. The summed E-state index contributed by atoms with van der Waals surface area (Å²) in [4.78, 5) is 23.3. The van der Waals surface area contributed by atoms with Crippen molar-refractivity contribution in [3.8, 4) is 6.07 Å². The predicted molar refractivity (Wildman–Crippen MR) is 74.7 cm³/mol. The number of ether oxygens (including phenoxy) is 1. The van der Waals surface area contributed by atoms with Gasteiger partial charge in [0.15, 0.2) is 5.41 Å². The van der Waals surface area contributed by atoms with Crippen LogP contribution in [0.1, 0.15) is 32.3 Å². The van der Waals surface area contributed by atoms with Crippen LogP contribution in [0.15, 0.2) is 30.3 Å². The average Bonchev–Trinajstić information content (AvgIpc) is 2.44. The minimum absolute atomic E-state index is 0.0398. The van der Waals surface area contributed by atoms with Gasteiger partial charge in [-0.3, -0.25) is 4.79 Å². The summed E-state index contributed by atoms with van der Waals surface area (Å²) in [5, 5.41) is 9.49. The SMILES string of the molecule is CCOC(=O)C(C#N)(CCC(C)=O)Cc1ccccc1. The second kappa shape index (κ2) is 7.44. The second-order valence-electron chi connectivity index (χ2n) is 4.78. The van der Waals surface area contributed by atoms with Crippen molar-refractivity contribution in [3.05, 3.63) is 35.9 Å². The largest absolute Gasteiger partial charge is 0.465 e. The molecular weight excluding hydrogens is 254 g/mol. The number of ketones is 1. The lowest BCUT2D eigenvalue weighted by Gasteiger charge is -2.24. The molecule has 0 bridgehead atoms. The Balaban J connectivity index is 3.01. The molecule has 0 radical (unpaired) electrons. The van der Waals surface area contributed by atoms with E-state index >= 15 is 0 Å². The van der Waals surface area contributed by atoms with Gasteiger partial charge >= 0.3 is 5.97 Å². The molecule has 0 aliphatic heterocycles. The van der Waals surface area contributed by atoms with E-state index < -0.39 is 11.4 Å². The number of hydrogen-bond donors (Lipinski definition) is 0. The van der Waals surface area contributed by atoms with Gasteiger partial charge in [-0.25, -0.2) is 0 Å². The van der Waals surface area contributed by atoms with Crippen molar-refractivity contribution in [2.24, 2.45) is 5.41 Å². The summed E-state index contributed by atoms with van der Waals surface area (Å²) in [5.41, 5.74) is -0.408. The molecule has 0 N–H and O–H groups in total. The molecule has 0 heterocycles. The van der Waals surface area contributed by atoms with E-state index in [-0.39, 0.29) is 31.7 Å². The van der Waals surface area contributed by atoms with Crippen LogP contribution in [0.25, 0.3) is 0 Å². The maximum absolute atomic E-state index is 12.2. The fourth-order valence-corrected chi connectivity index (χ4v) is 2.01. The molecule has 4 nitrogen and oxygen atoms in total. The molecule has 1 aromatic rings. The predicted octanol–water partition coefficient (Wildman–Crippen LogP) is 2.67. The molecule has 0 amide bonds. The maximum Gasteiger partial charge on any atom is 0.326 e. The van der Waals surface area contributed by atoms with Crippen LogP contribution in [0.3, 0.4) is 0 Å². The number of hydrogen-bond acceptors (Lipinski definition) is 4. The number of nitriles is 1. The van der Waals surface area contributed by atoms with Crippen molar-refractivity contribution < 1.29 is 14.3 Å². The maximum atomic E-state index is 12.2. The van der Waals surface area contributed by atoms with Crippen molar-refractivity contribution in [2.75, 3.05) is 6.61 Å². The lowest BCUT2D eigenvalue weighted by molar-refractivity contribution is -0.152. The lowest BCUT2D eigenvalue weighted by atomic mass is 9.78. The van der Waals surface area contributed by atoms with Gasteiger partial charge < -0.3 is 9.53 Å². The Kier molecular flexibility index (Phi) is 5.92. The molecule has 1 aromatic carbocycles. The van der Waals surface area contributed by atoms with Gasteiger partial charge in [-0.05, 0) is 25.8 Å². The van der Waals surface area contributed by atoms with Crippen LogP contribution in [-0.4, -0.2) is 18.4 Å². The highest BCUT2D eigenvalue weighted by Gasteiger charge is 2.40. The van der Waals surface area contributed by atoms with E-state index in [9.17, 15) is 14.9 Å². The van der Waals surface area contributed by atoms with Gasteiger partial charge in [0.25, 0.3) is 0 Å². The summed E-state index contributed by atoms with van der Waals surface area (Å²) < 4.78 is 5.03. The van der Waals surface area contributed by atoms with E-state index in [2.05, 4.69) is 6.07 Å². The summed E-state index contributed by atoms with van der Waals surface area (Å²) in [6.07, 6.45) is 0.641. The van der Waals surface area contributed by atoms with Crippen LogP contribution in [0.5, 0.6) is 0 Å². The van der Waals surface area contributed by atoms with Crippen LogP contribution >= 0.6 is 0 Å². The first-order valence-electron chi connectivity index (χ1n) is 6.66. The minimum Gasteiger partial charge on any atom is -0.465 e. The van der Waals surface area contributed by atoms with Gasteiger partial charge in [0, 0.05) is 12.8 Å². The average molecular weight is 273 g/mol. The van der Waals surface area contributed by atoms with Crippen molar-refractivity contribution in [3.63, 3.8) is 0 Å². The molecule has 0 spiro atoms. The Labute approximate surface area is 119 Å². The Morgan fingerprint density at radius 2 is 1.95 bits per heavy atom. The molecule has 0 fully saturated rings. The number of esters is 1. The molecule has 1 atom stereocenters. The molecule has 0 saturated carbocycles. The molecule has 1 unspecified atom stereocenters. The zero-order valence-electron chi connectivity index (χ0n) is 11.9. The number of benzene rings is 1. The number of rotatable bonds is 7. The molecule has 1 rings (SSSR count). The molecule has 0 saturated heterocycles. The van der Waals surface area contributed by atoms with E-state index in [0.29, 0.717) is 0 Å². The lowest BCUT2D eigenvalue weighted by Crippen LogP contribution is -2.34. The van der Waals surface area contributed by atoms with Gasteiger partial charge in [0.2, 0.25) is 0 Å². The molecule has 106 valence electrons. The highest BCUT2D eigenvalue weighted by molar-refractivity contribution is 5.82. The Bertz CT molecular complexity index is 504. The first kappa shape index (κ1) is 15.9. The number of nitrogens with zero attached hydrogens (tertiary/aromatic N) is 1. The number of Topliss-reactive ketones (excluding diaryl/α,β-unsaturated/α-hetero) is 1. The molecule has 4 heteroatoms. The quantitative estimate of drug-likeness (QED) is 0.716. The van der Waals surface area contributed by atoms with Crippen molar-refractivity contribution in [1.29, 1.82) is 5.26 Å². The van der Waals surface area contributed by atoms with Gasteiger partial charge in [-0.15, -0.1) is 0 Å². The Morgan fingerprint density at radius 3 is 2.45 bits per heavy atom.